The van der Waals surface area contributed by atoms with E-state index in [0.717, 1.165) is 0 Å². The number of hydrogen-bond donors (Lipinski definition) is 0. The molecule has 3 aliphatic heterocycles. The van der Waals surface area contributed by atoms with Crippen molar-refractivity contribution in [2.24, 2.45) is 0 Å². The molecule has 0 aliphatic carbocycles. The third-order valence-electron chi connectivity index (χ3n) is 10.1. The van der Waals surface area contributed by atoms with Crippen molar-refractivity contribution < 1.29 is 0 Å². The lowest BCUT2D eigenvalue weighted by Gasteiger charge is -2.50. The molecular formula is C44H28N3P. The summed E-state index contributed by atoms with van der Waals surface area (Å²) < 4.78 is 0. The second kappa shape index (κ2) is 9.81. The fourth-order valence-corrected chi connectivity index (χ4v) is 11.3. The Balaban J connectivity index is 1.36. The van der Waals surface area contributed by atoms with Gasteiger partial charge in [0.25, 0.3) is 0 Å². The molecule has 0 amide bonds. The second-order valence-electron chi connectivity index (χ2n) is 12.6. The Bertz CT molecular complexity index is 2570. The minimum Gasteiger partial charge on any atom is -0.309 e. The van der Waals surface area contributed by atoms with Crippen LogP contribution >= 0.6 is 7.92 Å². The van der Waals surface area contributed by atoms with E-state index in [-0.39, 0.29) is 0 Å². The summed E-state index contributed by atoms with van der Waals surface area (Å²) in [5.74, 6) is 0. The van der Waals surface area contributed by atoms with Crippen molar-refractivity contribution >= 4 is 96.6 Å². The molecule has 0 bridgehead atoms. The molecule has 8 aromatic rings. The van der Waals surface area contributed by atoms with E-state index in [9.17, 15) is 0 Å². The molecule has 8 aromatic carbocycles. The molecule has 0 fully saturated rings. The lowest BCUT2D eigenvalue weighted by molar-refractivity contribution is 1.24. The van der Waals surface area contributed by atoms with Crippen LogP contribution in [0.3, 0.4) is 0 Å². The monoisotopic (exact) mass is 629 g/mol. The lowest BCUT2D eigenvalue weighted by atomic mass is 9.97. The Morgan fingerprint density at radius 1 is 0.312 bits per heavy atom. The van der Waals surface area contributed by atoms with Crippen LogP contribution in [0.4, 0.5) is 51.2 Å². The molecule has 3 nitrogen and oxygen atoms in total. The van der Waals surface area contributed by atoms with Gasteiger partial charge >= 0.3 is 0 Å². The largest absolute Gasteiger partial charge is 0.309 e. The van der Waals surface area contributed by atoms with Gasteiger partial charge in [-0.3, -0.25) is 0 Å². The Kier molecular flexibility index (Phi) is 5.36. The lowest BCUT2D eigenvalue weighted by Crippen LogP contribution is -2.45. The molecule has 11 rings (SSSR count). The predicted molar refractivity (Wildman–Crippen MR) is 205 cm³/mol. The number of rotatable bonds is 3. The zero-order valence-electron chi connectivity index (χ0n) is 26.0. The molecule has 0 saturated heterocycles. The average Bonchev–Trinajstić information content (AvgIpc) is 3.16. The molecule has 48 heavy (non-hydrogen) atoms. The molecule has 224 valence electrons. The molecule has 3 heterocycles. The van der Waals surface area contributed by atoms with Crippen molar-refractivity contribution in [2.75, 3.05) is 14.7 Å². The summed E-state index contributed by atoms with van der Waals surface area (Å²) in [4.78, 5) is 7.58. The quantitative estimate of drug-likeness (QED) is 0.142. The Morgan fingerprint density at radius 2 is 0.792 bits per heavy atom. The zero-order chi connectivity index (χ0) is 31.3. The van der Waals surface area contributed by atoms with E-state index in [1.807, 2.05) is 0 Å². The van der Waals surface area contributed by atoms with Crippen molar-refractivity contribution in [1.29, 1.82) is 0 Å². The number of benzene rings is 8. The summed E-state index contributed by atoms with van der Waals surface area (Å²) in [6.07, 6.45) is 0. The third kappa shape index (κ3) is 3.41. The zero-order valence-corrected chi connectivity index (χ0v) is 26.8. The molecule has 1 atom stereocenters. The smallest absolute Gasteiger partial charge is 0.0645 e. The first-order chi connectivity index (χ1) is 23.9. The van der Waals surface area contributed by atoms with Crippen molar-refractivity contribution in [3.8, 4) is 0 Å². The summed E-state index contributed by atoms with van der Waals surface area (Å²) in [5, 5.41) is 9.36. The first-order valence-electron chi connectivity index (χ1n) is 16.5. The maximum atomic E-state index is 2.55. The van der Waals surface area contributed by atoms with Gasteiger partial charge in [0.2, 0.25) is 0 Å². The number of nitrogens with zero attached hydrogens (tertiary/aromatic N) is 3. The summed E-state index contributed by atoms with van der Waals surface area (Å²) in [6.45, 7) is 0. The Morgan fingerprint density at radius 3 is 1.38 bits per heavy atom. The van der Waals surface area contributed by atoms with Gasteiger partial charge in [0.1, 0.15) is 0 Å². The van der Waals surface area contributed by atoms with E-state index in [4.69, 9.17) is 0 Å². The van der Waals surface area contributed by atoms with Crippen LogP contribution < -0.4 is 30.6 Å². The van der Waals surface area contributed by atoms with Gasteiger partial charge in [-0.1, -0.05) is 103 Å². The Hall–Kier alpha value is -5.89. The Labute approximate surface area is 280 Å². The van der Waals surface area contributed by atoms with E-state index in [2.05, 4.69) is 185 Å². The minimum atomic E-state index is -0.896. The number of anilines is 9. The molecule has 0 radical (unpaired) electrons. The summed E-state index contributed by atoms with van der Waals surface area (Å²) in [7, 11) is -0.896. The normalized spacial score (nSPS) is 15.2. The van der Waals surface area contributed by atoms with Crippen molar-refractivity contribution in [1.82, 2.24) is 0 Å². The highest BCUT2D eigenvalue weighted by atomic mass is 31.1. The first-order valence-corrected chi connectivity index (χ1v) is 17.8. The fourth-order valence-electron chi connectivity index (χ4n) is 8.22. The molecule has 0 N–H and O–H groups in total. The summed E-state index contributed by atoms with van der Waals surface area (Å²) in [5.41, 5.74) is 11.1. The highest BCUT2D eigenvalue weighted by Gasteiger charge is 2.47. The number of hydrogen-bond acceptors (Lipinski definition) is 3. The highest BCUT2D eigenvalue weighted by molar-refractivity contribution is 7.82. The second-order valence-corrected chi connectivity index (χ2v) is 14.6. The fraction of sp³-hybridized carbons (Fsp3) is 0. The van der Waals surface area contributed by atoms with Gasteiger partial charge in [0, 0.05) is 46.3 Å². The minimum absolute atomic E-state index is 0.896. The van der Waals surface area contributed by atoms with E-state index < -0.39 is 7.92 Å². The molecular weight excluding hydrogens is 601 g/mol. The highest BCUT2D eigenvalue weighted by Crippen LogP contribution is 2.63. The van der Waals surface area contributed by atoms with Crippen LogP contribution in [0, 0.1) is 0 Å². The first kappa shape index (κ1) is 26.2. The van der Waals surface area contributed by atoms with Crippen LogP contribution in [0.2, 0.25) is 0 Å². The number of para-hydroxylation sites is 3. The molecule has 0 saturated carbocycles. The van der Waals surface area contributed by atoms with Crippen LogP contribution in [0.5, 0.6) is 0 Å². The van der Waals surface area contributed by atoms with Gasteiger partial charge in [-0.15, -0.1) is 0 Å². The molecule has 1 unspecified atom stereocenters. The van der Waals surface area contributed by atoms with Crippen molar-refractivity contribution in [2.45, 2.75) is 0 Å². The van der Waals surface area contributed by atoms with Crippen molar-refractivity contribution in [3.63, 3.8) is 0 Å². The van der Waals surface area contributed by atoms with Crippen LogP contribution in [0.15, 0.2) is 170 Å². The van der Waals surface area contributed by atoms with Gasteiger partial charge in [0.05, 0.1) is 34.1 Å². The molecule has 0 spiro atoms. The van der Waals surface area contributed by atoms with Crippen LogP contribution in [-0.4, -0.2) is 0 Å². The van der Waals surface area contributed by atoms with E-state index in [1.54, 1.807) is 0 Å². The van der Waals surface area contributed by atoms with E-state index in [0.29, 0.717) is 0 Å². The maximum absolute atomic E-state index is 2.55. The van der Waals surface area contributed by atoms with Crippen LogP contribution in [-0.2, 0) is 0 Å². The molecule has 4 heteroatoms. The topological polar surface area (TPSA) is 9.72 Å². The number of fused-ring (bicyclic) bond motifs is 4. The average molecular weight is 630 g/mol. The van der Waals surface area contributed by atoms with E-state index >= 15 is 0 Å². The van der Waals surface area contributed by atoms with Crippen molar-refractivity contribution in [3.05, 3.63) is 170 Å². The van der Waals surface area contributed by atoms with E-state index in [1.165, 1.54) is 88.6 Å². The SMILES string of the molecule is c1ccc(N2c3cccc4c3P3c5c2cccc5N(c2ccccc2)c2c3c(cc3c2ccc2ccccc23)N4c2ccccc2)cc1. The van der Waals surface area contributed by atoms with Gasteiger partial charge in [-0.2, -0.15) is 0 Å². The van der Waals surface area contributed by atoms with Gasteiger partial charge in [0.15, 0.2) is 0 Å². The van der Waals surface area contributed by atoms with Crippen LogP contribution in [0.1, 0.15) is 0 Å². The standard InChI is InChI=1S/C44H28N3P/c1-4-15-30(16-5-1)45-36-22-12-24-38-42(36)48-43-37(45)23-13-25-39(43)47(32-19-8-3-9-20-32)41-34-27-26-29-14-10-11-21-33(29)35(34)28-40(44(41)48)46(38)31-17-6-2-7-18-31/h1-28H. The predicted octanol–water partition coefficient (Wildman–Crippen LogP) is 11.1. The summed E-state index contributed by atoms with van der Waals surface area (Å²) >= 11 is 0. The maximum Gasteiger partial charge on any atom is 0.0645 e. The van der Waals surface area contributed by atoms with Gasteiger partial charge in [-0.05, 0) is 82.9 Å². The third-order valence-corrected chi connectivity index (χ3v) is 12.8. The van der Waals surface area contributed by atoms with Gasteiger partial charge < -0.3 is 14.7 Å². The molecule has 0 aromatic heterocycles. The van der Waals surface area contributed by atoms with Crippen LogP contribution in [0.25, 0.3) is 21.5 Å². The molecule has 3 aliphatic rings. The van der Waals surface area contributed by atoms with Gasteiger partial charge in [-0.25, -0.2) is 0 Å². The summed E-state index contributed by atoms with van der Waals surface area (Å²) in [6, 6.07) is 62.6.